The van der Waals surface area contributed by atoms with Crippen LogP contribution in [0.1, 0.15) is 17.0 Å². The van der Waals surface area contributed by atoms with Gasteiger partial charge in [-0.1, -0.05) is 0 Å². The van der Waals surface area contributed by atoms with Gasteiger partial charge in [0.25, 0.3) is 0 Å². The van der Waals surface area contributed by atoms with Crippen molar-refractivity contribution in [3.05, 3.63) is 45.4 Å². The molecule has 2 rings (SSSR count). The molecule has 0 radical (unpaired) electrons. The van der Waals surface area contributed by atoms with Gasteiger partial charge in [0, 0.05) is 23.5 Å². The van der Waals surface area contributed by atoms with E-state index < -0.39 is 0 Å². The van der Waals surface area contributed by atoms with E-state index >= 15 is 0 Å². The molecule has 1 heterocycles. The number of hydrogen-bond donors (Lipinski definition) is 2. The van der Waals surface area contributed by atoms with Gasteiger partial charge in [0.15, 0.2) is 0 Å². The zero-order chi connectivity index (χ0) is 12.4. The Morgan fingerprint density at radius 2 is 2.18 bits per heavy atom. The molecule has 0 aliphatic rings. The van der Waals surface area contributed by atoms with E-state index in [1.54, 1.807) is 12.1 Å². The fraction of sp³-hybridized carbons (Fsp3) is 0.250. The number of anilines is 1. The Balaban J connectivity index is 2.10. The van der Waals surface area contributed by atoms with Crippen molar-refractivity contribution in [2.75, 3.05) is 5.32 Å². The molecule has 2 aromatic rings. The van der Waals surface area contributed by atoms with Crippen LogP contribution in [0, 0.1) is 19.7 Å². The maximum absolute atomic E-state index is 13.1. The molecule has 0 unspecified atom stereocenters. The van der Waals surface area contributed by atoms with E-state index in [4.69, 9.17) is 0 Å². The number of nitrogens with one attached hydrogen (secondary N) is 2. The minimum atomic E-state index is -0.258. The molecule has 5 heteroatoms. The van der Waals surface area contributed by atoms with Crippen LogP contribution in [0.5, 0.6) is 0 Å². The van der Waals surface area contributed by atoms with E-state index in [-0.39, 0.29) is 5.82 Å². The third kappa shape index (κ3) is 2.66. The van der Waals surface area contributed by atoms with Gasteiger partial charge in [0.05, 0.1) is 10.2 Å². The lowest BCUT2D eigenvalue weighted by Crippen LogP contribution is -2.01. The number of benzene rings is 1. The first kappa shape index (κ1) is 12.1. The molecule has 17 heavy (non-hydrogen) atoms. The number of halogens is 2. The summed E-state index contributed by atoms with van der Waals surface area (Å²) in [7, 11) is 0. The van der Waals surface area contributed by atoms with Crippen LogP contribution in [-0.4, -0.2) is 10.2 Å². The smallest absolute Gasteiger partial charge is 0.137 e. The zero-order valence-electron chi connectivity index (χ0n) is 9.64. The minimum absolute atomic E-state index is 0.258. The maximum atomic E-state index is 13.1. The van der Waals surface area contributed by atoms with Crippen molar-refractivity contribution < 1.29 is 4.39 Å². The van der Waals surface area contributed by atoms with Gasteiger partial charge >= 0.3 is 0 Å². The van der Waals surface area contributed by atoms with Crippen molar-refractivity contribution in [1.29, 1.82) is 0 Å². The molecular formula is C12H13BrFN3. The highest BCUT2D eigenvalue weighted by molar-refractivity contribution is 9.10. The average molecular weight is 298 g/mol. The summed E-state index contributed by atoms with van der Waals surface area (Å²) in [5.74, 6) is -0.258. The largest absolute Gasteiger partial charge is 0.381 e. The van der Waals surface area contributed by atoms with E-state index in [0.717, 1.165) is 22.6 Å². The molecular weight excluding hydrogens is 285 g/mol. The van der Waals surface area contributed by atoms with Crippen LogP contribution in [0.25, 0.3) is 0 Å². The highest BCUT2D eigenvalue weighted by atomic mass is 79.9. The first-order chi connectivity index (χ1) is 8.08. The lowest BCUT2D eigenvalue weighted by Gasteiger charge is -2.07. The molecule has 0 aliphatic heterocycles. The van der Waals surface area contributed by atoms with Crippen molar-refractivity contribution in [2.24, 2.45) is 0 Å². The van der Waals surface area contributed by atoms with Gasteiger partial charge in [-0.2, -0.15) is 5.10 Å². The van der Waals surface area contributed by atoms with Crippen molar-refractivity contribution in [1.82, 2.24) is 10.2 Å². The highest BCUT2D eigenvalue weighted by Crippen LogP contribution is 2.21. The number of rotatable bonds is 3. The molecule has 90 valence electrons. The van der Waals surface area contributed by atoms with Gasteiger partial charge in [0.1, 0.15) is 5.82 Å². The topological polar surface area (TPSA) is 40.7 Å². The average Bonchev–Trinajstić information content (AvgIpc) is 2.61. The third-order valence-corrected chi connectivity index (χ3v) is 3.28. The van der Waals surface area contributed by atoms with Gasteiger partial charge < -0.3 is 5.32 Å². The number of nitrogens with zero attached hydrogens (tertiary/aromatic N) is 1. The van der Waals surface area contributed by atoms with Crippen LogP contribution < -0.4 is 5.32 Å². The minimum Gasteiger partial charge on any atom is -0.381 e. The van der Waals surface area contributed by atoms with Crippen LogP contribution in [-0.2, 0) is 6.54 Å². The molecule has 0 saturated heterocycles. The fourth-order valence-corrected chi connectivity index (χ4v) is 2.01. The summed E-state index contributed by atoms with van der Waals surface area (Å²) in [5, 5.41) is 10.3. The Bertz CT molecular complexity index is 517. The molecule has 0 spiro atoms. The normalized spacial score (nSPS) is 10.6. The molecule has 3 nitrogen and oxygen atoms in total. The second kappa shape index (κ2) is 4.87. The molecule has 1 aromatic carbocycles. The quantitative estimate of drug-likeness (QED) is 0.910. The summed E-state index contributed by atoms with van der Waals surface area (Å²) < 4.78 is 13.5. The van der Waals surface area contributed by atoms with Gasteiger partial charge in [0.2, 0.25) is 0 Å². The molecule has 0 amide bonds. The predicted octanol–water partition coefficient (Wildman–Crippen LogP) is 3.54. The first-order valence-electron chi connectivity index (χ1n) is 5.27. The summed E-state index contributed by atoms with van der Waals surface area (Å²) in [6.07, 6.45) is 0. The lowest BCUT2D eigenvalue weighted by molar-refractivity contribution is 0.621. The summed E-state index contributed by atoms with van der Waals surface area (Å²) in [5.41, 5.74) is 4.05. The Hall–Kier alpha value is -1.36. The summed E-state index contributed by atoms with van der Waals surface area (Å²) in [6, 6.07) is 4.87. The number of aromatic nitrogens is 2. The van der Waals surface area contributed by atoms with Crippen LogP contribution in [0.4, 0.5) is 10.1 Å². The van der Waals surface area contributed by atoms with E-state index in [2.05, 4.69) is 31.4 Å². The summed E-state index contributed by atoms with van der Waals surface area (Å²) in [4.78, 5) is 0. The molecule has 0 saturated carbocycles. The molecule has 2 N–H and O–H groups in total. The van der Waals surface area contributed by atoms with Crippen molar-refractivity contribution >= 4 is 21.6 Å². The van der Waals surface area contributed by atoms with Crippen LogP contribution in [0.15, 0.2) is 22.7 Å². The van der Waals surface area contributed by atoms with Crippen LogP contribution >= 0.6 is 15.9 Å². The van der Waals surface area contributed by atoms with Crippen molar-refractivity contribution in [3.8, 4) is 0 Å². The summed E-state index contributed by atoms with van der Waals surface area (Å²) >= 11 is 3.16. The summed E-state index contributed by atoms with van der Waals surface area (Å²) in [6.45, 7) is 4.62. The maximum Gasteiger partial charge on any atom is 0.137 e. The zero-order valence-corrected chi connectivity index (χ0v) is 11.2. The SMILES string of the molecule is Cc1n[nH]c(C)c1CNc1ccc(F)c(Br)c1. The first-order valence-corrected chi connectivity index (χ1v) is 6.06. The number of hydrogen-bond acceptors (Lipinski definition) is 2. The van der Waals surface area contributed by atoms with Crippen molar-refractivity contribution in [2.45, 2.75) is 20.4 Å². The molecule has 1 aromatic heterocycles. The predicted molar refractivity (Wildman–Crippen MR) is 69.5 cm³/mol. The third-order valence-electron chi connectivity index (χ3n) is 2.67. The van der Waals surface area contributed by atoms with Crippen LogP contribution in [0.2, 0.25) is 0 Å². The van der Waals surface area contributed by atoms with Crippen molar-refractivity contribution in [3.63, 3.8) is 0 Å². The number of H-pyrrole nitrogens is 1. The second-order valence-corrected chi connectivity index (χ2v) is 4.75. The highest BCUT2D eigenvalue weighted by Gasteiger charge is 2.06. The van der Waals surface area contributed by atoms with Gasteiger partial charge in [-0.15, -0.1) is 0 Å². The Morgan fingerprint density at radius 3 is 2.76 bits per heavy atom. The number of aromatic amines is 1. The molecule has 0 fully saturated rings. The Labute approximate surface area is 108 Å². The molecule has 0 aliphatic carbocycles. The van der Waals surface area contributed by atoms with Gasteiger partial charge in [-0.05, 0) is 48.0 Å². The van der Waals surface area contributed by atoms with E-state index in [1.165, 1.54) is 6.07 Å². The fourth-order valence-electron chi connectivity index (χ4n) is 1.63. The van der Waals surface area contributed by atoms with E-state index in [1.807, 2.05) is 13.8 Å². The monoisotopic (exact) mass is 297 g/mol. The van der Waals surface area contributed by atoms with Crippen LogP contribution in [0.3, 0.4) is 0 Å². The molecule has 0 bridgehead atoms. The van der Waals surface area contributed by atoms with Gasteiger partial charge in [-0.3, -0.25) is 5.10 Å². The lowest BCUT2D eigenvalue weighted by atomic mass is 10.2. The Kier molecular flexibility index (Phi) is 3.47. The number of aryl methyl sites for hydroxylation is 2. The van der Waals surface area contributed by atoms with E-state index in [0.29, 0.717) is 11.0 Å². The molecule has 0 atom stereocenters. The van der Waals surface area contributed by atoms with Gasteiger partial charge in [-0.25, -0.2) is 4.39 Å². The Morgan fingerprint density at radius 1 is 1.41 bits per heavy atom. The standard InChI is InChI=1S/C12H13BrFN3/c1-7-10(8(2)17-16-7)6-15-9-3-4-12(14)11(13)5-9/h3-5,15H,6H2,1-2H3,(H,16,17). The second-order valence-electron chi connectivity index (χ2n) is 3.90. The van der Waals surface area contributed by atoms with E-state index in [9.17, 15) is 4.39 Å².